The van der Waals surface area contributed by atoms with Crippen molar-refractivity contribution in [3.63, 3.8) is 0 Å². The van der Waals surface area contributed by atoms with Gasteiger partial charge < -0.3 is 0 Å². The van der Waals surface area contributed by atoms with Crippen LogP contribution in [0.1, 0.15) is 24.4 Å². The van der Waals surface area contributed by atoms with E-state index in [0.717, 1.165) is 12.1 Å². The molecule has 1 rings (SSSR count). The number of hydrogen-bond donors (Lipinski definition) is 2. The number of benzene rings is 1. The van der Waals surface area contributed by atoms with Crippen LogP contribution in [-0.2, 0) is 0 Å². The van der Waals surface area contributed by atoms with Gasteiger partial charge in [-0.3, -0.25) is 11.3 Å². The number of nitrogens with two attached hydrogens (primary N) is 1. The molecule has 0 radical (unpaired) electrons. The van der Waals surface area contributed by atoms with Crippen LogP contribution in [0, 0.1) is 11.6 Å². The lowest BCUT2D eigenvalue weighted by Crippen LogP contribution is -2.30. The van der Waals surface area contributed by atoms with Gasteiger partial charge >= 0.3 is 6.18 Å². The first-order valence-corrected chi connectivity index (χ1v) is 5.72. The van der Waals surface area contributed by atoms with E-state index in [-0.39, 0.29) is 4.47 Å². The number of nitrogens with one attached hydrogen (secondary N) is 1. The molecule has 1 atom stereocenters. The Bertz CT molecular complexity index is 421. The van der Waals surface area contributed by atoms with Crippen molar-refractivity contribution in [3.8, 4) is 0 Å². The van der Waals surface area contributed by atoms with Crippen molar-refractivity contribution in [1.29, 1.82) is 0 Å². The second-order valence-electron chi connectivity index (χ2n) is 3.63. The molecule has 1 unspecified atom stereocenters. The maximum absolute atomic E-state index is 13.7. The van der Waals surface area contributed by atoms with Crippen molar-refractivity contribution in [1.82, 2.24) is 5.43 Å². The Morgan fingerprint density at radius 2 is 1.89 bits per heavy atom. The predicted octanol–water partition coefficient (Wildman–Crippen LogP) is 3.57. The summed E-state index contributed by atoms with van der Waals surface area (Å²) >= 11 is 2.84. The van der Waals surface area contributed by atoms with E-state index in [1.165, 1.54) is 0 Å². The molecule has 8 heteroatoms. The molecule has 0 saturated heterocycles. The quantitative estimate of drug-likeness (QED) is 0.383. The van der Waals surface area contributed by atoms with Gasteiger partial charge in [0.2, 0.25) is 0 Å². The molecule has 1 aromatic carbocycles. The van der Waals surface area contributed by atoms with Crippen molar-refractivity contribution in [2.24, 2.45) is 5.84 Å². The topological polar surface area (TPSA) is 38.0 Å². The van der Waals surface area contributed by atoms with E-state index in [0.29, 0.717) is 0 Å². The molecule has 0 aliphatic rings. The van der Waals surface area contributed by atoms with E-state index in [4.69, 9.17) is 5.84 Å². The molecule has 0 bridgehead atoms. The van der Waals surface area contributed by atoms with Crippen LogP contribution >= 0.6 is 15.9 Å². The average molecular weight is 333 g/mol. The van der Waals surface area contributed by atoms with Gasteiger partial charge in [0, 0.05) is 12.0 Å². The summed E-state index contributed by atoms with van der Waals surface area (Å²) in [6, 6.07) is 0.843. The summed E-state index contributed by atoms with van der Waals surface area (Å²) in [6.45, 7) is 0. The van der Waals surface area contributed by atoms with Gasteiger partial charge in [-0.15, -0.1) is 0 Å². The van der Waals surface area contributed by atoms with Crippen LogP contribution in [0.25, 0.3) is 0 Å². The molecule has 0 aromatic heterocycles. The van der Waals surface area contributed by atoms with E-state index in [1.54, 1.807) is 0 Å². The number of hydrazine groups is 1. The van der Waals surface area contributed by atoms with E-state index < -0.39 is 42.3 Å². The third kappa shape index (κ3) is 3.89. The summed E-state index contributed by atoms with van der Waals surface area (Å²) in [5.74, 6) is 3.15. The van der Waals surface area contributed by atoms with Crippen LogP contribution in [-0.4, -0.2) is 6.18 Å². The summed E-state index contributed by atoms with van der Waals surface area (Å²) < 4.78 is 63.3. The smallest absolute Gasteiger partial charge is 0.271 e. The molecule has 2 nitrogen and oxygen atoms in total. The lowest BCUT2D eigenvalue weighted by Gasteiger charge is -2.19. The van der Waals surface area contributed by atoms with Crippen molar-refractivity contribution in [3.05, 3.63) is 33.8 Å². The Labute approximate surface area is 108 Å². The third-order valence-electron chi connectivity index (χ3n) is 2.35. The molecule has 0 amide bonds. The van der Waals surface area contributed by atoms with Gasteiger partial charge in [-0.25, -0.2) is 8.78 Å². The maximum Gasteiger partial charge on any atom is 0.389 e. The minimum absolute atomic E-state index is 0.0360. The fraction of sp³-hybridized carbons (Fsp3) is 0.400. The largest absolute Gasteiger partial charge is 0.389 e. The lowest BCUT2D eigenvalue weighted by atomic mass is 10.0. The Hall–Kier alpha value is -0.730. The van der Waals surface area contributed by atoms with Crippen molar-refractivity contribution < 1.29 is 22.0 Å². The first-order chi connectivity index (χ1) is 8.26. The summed E-state index contributed by atoms with van der Waals surface area (Å²) in [7, 11) is 0. The van der Waals surface area contributed by atoms with Crippen LogP contribution in [0.2, 0.25) is 0 Å². The minimum atomic E-state index is -4.41. The predicted molar refractivity (Wildman–Crippen MR) is 59.4 cm³/mol. The first kappa shape index (κ1) is 15.3. The maximum atomic E-state index is 13.7. The number of hydrogen-bond acceptors (Lipinski definition) is 2. The van der Waals surface area contributed by atoms with Gasteiger partial charge in [0.15, 0.2) is 0 Å². The molecule has 0 fully saturated rings. The number of halogens is 6. The highest BCUT2D eigenvalue weighted by atomic mass is 79.9. The van der Waals surface area contributed by atoms with Gasteiger partial charge in [-0.1, -0.05) is 0 Å². The van der Waals surface area contributed by atoms with Crippen molar-refractivity contribution in [2.75, 3.05) is 0 Å². The van der Waals surface area contributed by atoms with Gasteiger partial charge in [-0.05, 0) is 34.5 Å². The molecule has 0 saturated carbocycles. The van der Waals surface area contributed by atoms with Gasteiger partial charge in [0.05, 0.1) is 10.5 Å². The van der Waals surface area contributed by atoms with E-state index in [2.05, 4.69) is 15.9 Å². The zero-order valence-corrected chi connectivity index (χ0v) is 10.6. The molecule has 102 valence electrons. The summed E-state index contributed by atoms with van der Waals surface area (Å²) in [6.07, 6.45) is -6.15. The van der Waals surface area contributed by atoms with Crippen molar-refractivity contribution in [2.45, 2.75) is 25.1 Å². The highest BCUT2D eigenvalue weighted by molar-refractivity contribution is 9.10. The molecule has 0 aliphatic carbocycles. The SMILES string of the molecule is NNC(CCC(F)(F)F)c1c(F)ccc(Br)c1F. The van der Waals surface area contributed by atoms with Crippen LogP contribution in [0.15, 0.2) is 16.6 Å². The molecule has 3 N–H and O–H groups in total. The molecular weight excluding hydrogens is 323 g/mol. The summed E-state index contributed by atoms with van der Waals surface area (Å²) in [5.41, 5.74) is 1.50. The van der Waals surface area contributed by atoms with E-state index in [9.17, 15) is 22.0 Å². The van der Waals surface area contributed by atoms with Gasteiger partial charge in [0.25, 0.3) is 0 Å². The van der Waals surface area contributed by atoms with Crippen LogP contribution in [0.3, 0.4) is 0 Å². The summed E-state index contributed by atoms with van der Waals surface area (Å²) in [5, 5.41) is 0. The molecular formula is C10H10BrF5N2. The molecule has 1 aromatic rings. The Morgan fingerprint density at radius 3 is 2.39 bits per heavy atom. The highest BCUT2D eigenvalue weighted by Gasteiger charge is 2.30. The third-order valence-corrected chi connectivity index (χ3v) is 2.96. The molecule has 0 spiro atoms. The number of alkyl halides is 3. The molecule has 18 heavy (non-hydrogen) atoms. The number of rotatable bonds is 4. The Balaban J connectivity index is 2.99. The van der Waals surface area contributed by atoms with Crippen LogP contribution < -0.4 is 11.3 Å². The van der Waals surface area contributed by atoms with E-state index in [1.807, 2.05) is 5.43 Å². The minimum Gasteiger partial charge on any atom is -0.271 e. The molecule has 0 heterocycles. The average Bonchev–Trinajstić information content (AvgIpc) is 2.27. The lowest BCUT2D eigenvalue weighted by molar-refractivity contribution is -0.136. The zero-order valence-electron chi connectivity index (χ0n) is 8.99. The van der Waals surface area contributed by atoms with Crippen molar-refractivity contribution >= 4 is 15.9 Å². The standard InChI is InChI=1S/C10H10BrF5N2/c11-5-1-2-6(12)8(9(5)13)7(18-17)3-4-10(14,15)16/h1-2,7,18H,3-4,17H2. The van der Waals surface area contributed by atoms with Crippen LogP contribution in [0.4, 0.5) is 22.0 Å². The normalized spacial score (nSPS) is 13.7. The Kier molecular flexibility index (Phi) is 5.06. The molecule has 0 aliphatic heterocycles. The first-order valence-electron chi connectivity index (χ1n) is 4.92. The monoisotopic (exact) mass is 332 g/mol. The Morgan fingerprint density at radius 1 is 1.28 bits per heavy atom. The fourth-order valence-corrected chi connectivity index (χ4v) is 1.83. The zero-order chi connectivity index (χ0) is 13.9. The summed E-state index contributed by atoms with van der Waals surface area (Å²) in [4.78, 5) is 0. The van der Waals surface area contributed by atoms with Crippen LogP contribution in [0.5, 0.6) is 0 Å². The van der Waals surface area contributed by atoms with Gasteiger partial charge in [-0.2, -0.15) is 13.2 Å². The van der Waals surface area contributed by atoms with Gasteiger partial charge in [0.1, 0.15) is 11.6 Å². The second-order valence-corrected chi connectivity index (χ2v) is 4.48. The van der Waals surface area contributed by atoms with E-state index >= 15 is 0 Å². The fourth-order valence-electron chi connectivity index (χ4n) is 1.48. The second kappa shape index (κ2) is 5.94. The highest BCUT2D eigenvalue weighted by Crippen LogP contribution is 2.32.